The van der Waals surface area contributed by atoms with Crippen LogP contribution in [0.3, 0.4) is 0 Å². The number of amides is 4. The van der Waals surface area contributed by atoms with Crippen LogP contribution in [0.5, 0.6) is 0 Å². The third-order valence-electron chi connectivity index (χ3n) is 4.66. The SMILES string of the molecule is CC(C)C(NC(=O)C1CCCN1)C(=O)NC(CC(N)=O)C(=O)NC(CC(=O)O)C(=O)O. The molecule has 1 aliphatic heterocycles. The predicted octanol–water partition coefficient (Wildman–Crippen LogP) is -2.72. The molecule has 0 aromatic rings. The van der Waals surface area contributed by atoms with Gasteiger partial charge in [0.15, 0.2) is 0 Å². The van der Waals surface area contributed by atoms with Crippen molar-refractivity contribution in [2.45, 2.75) is 63.7 Å². The second-order valence-corrected chi connectivity index (χ2v) is 7.61. The molecule has 1 aliphatic rings. The van der Waals surface area contributed by atoms with Crippen LogP contribution >= 0.6 is 0 Å². The van der Waals surface area contributed by atoms with Crippen LogP contribution in [0.4, 0.5) is 0 Å². The quantitative estimate of drug-likeness (QED) is 0.166. The number of nitrogens with two attached hydrogens (primary N) is 1. The van der Waals surface area contributed by atoms with Crippen molar-refractivity contribution < 1.29 is 39.0 Å². The summed E-state index contributed by atoms with van der Waals surface area (Å²) in [6, 6.07) is -4.80. The van der Waals surface area contributed by atoms with E-state index in [0.717, 1.165) is 6.42 Å². The van der Waals surface area contributed by atoms with Crippen molar-refractivity contribution in [3.05, 3.63) is 0 Å². The van der Waals surface area contributed by atoms with Crippen LogP contribution in [0.1, 0.15) is 39.5 Å². The Balaban J connectivity index is 2.90. The molecule has 0 spiro atoms. The smallest absolute Gasteiger partial charge is 0.326 e. The van der Waals surface area contributed by atoms with Crippen molar-refractivity contribution in [1.82, 2.24) is 21.3 Å². The van der Waals surface area contributed by atoms with Gasteiger partial charge in [0, 0.05) is 0 Å². The van der Waals surface area contributed by atoms with Gasteiger partial charge in [0.05, 0.1) is 18.9 Å². The molecule has 1 rings (SSSR count). The third kappa shape index (κ3) is 8.58. The molecule has 13 heteroatoms. The van der Waals surface area contributed by atoms with Gasteiger partial charge in [-0.15, -0.1) is 0 Å². The highest BCUT2D eigenvalue weighted by molar-refractivity contribution is 5.96. The maximum absolute atomic E-state index is 12.7. The monoisotopic (exact) mass is 443 g/mol. The molecule has 174 valence electrons. The fourth-order valence-electron chi connectivity index (χ4n) is 3.02. The summed E-state index contributed by atoms with van der Waals surface area (Å²) in [6.07, 6.45) is -0.124. The first-order valence-corrected chi connectivity index (χ1v) is 9.79. The summed E-state index contributed by atoms with van der Waals surface area (Å²) >= 11 is 0. The Labute approximate surface area is 178 Å². The van der Waals surface area contributed by atoms with E-state index in [4.69, 9.17) is 15.9 Å². The van der Waals surface area contributed by atoms with E-state index in [2.05, 4.69) is 16.0 Å². The Bertz CT molecular complexity index is 720. The van der Waals surface area contributed by atoms with Gasteiger partial charge in [0.1, 0.15) is 18.1 Å². The average molecular weight is 443 g/mol. The zero-order valence-corrected chi connectivity index (χ0v) is 17.3. The highest BCUT2D eigenvalue weighted by Gasteiger charge is 2.33. The Kier molecular flexibility index (Phi) is 9.86. The average Bonchev–Trinajstić information content (AvgIpc) is 3.18. The van der Waals surface area contributed by atoms with Crippen LogP contribution in [0.2, 0.25) is 0 Å². The van der Waals surface area contributed by atoms with Crippen LogP contribution in [0.25, 0.3) is 0 Å². The lowest BCUT2D eigenvalue weighted by atomic mass is 10.0. The number of primary amides is 1. The second kappa shape index (κ2) is 11.8. The second-order valence-electron chi connectivity index (χ2n) is 7.61. The molecular formula is C18H29N5O8. The predicted molar refractivity (Wildman–Crippen MR) is 105 cm³/mol. The Hall–Kier alpha value is -3.22. The first-order valence-electron chi connectivity index (χ1n) is 9.79. The molecule has 4 amide bonds. The van der Waals surface area contributed by atoms with Crippen molar-refractivity contribution >= 4 is 35.6 Å². The normalized spacial score (nSPS) is 18.5. The van der Waals surface area contributed by atoms with Crippen molar-refractivity contribution in [2.75, 3.05) is 6.54 Å². The molecule has 1 heterocycles. The highest BCUT2D eigenvalue weighted by atomic mass is 16.4. The fourth-order valence-corrected chi connectivity index (χ4v) is 3.02. The molecule has 0 aliphatic carbocycles. The molecule has 0 bridgehead atoms. The Morgan fingerprint density at radius 1 is 0.968 bits per heavy atom. The lowest BCUT2D eigenvalue weighted by Crippen LogP contribution is -2.59. The molecule has 0 aromatic carbocycles. The lowest BCUT2D eigenvalue weighted by Gasteiger charge is -2.26. The highest BCUT2D eigenvalue weighted by Crippen LogP contribution is 2.09. The first kappa shape index (κ1) is 25.8. The van der Waals surface area contributed by atoms with Crippen LogP contribution < -0.4 is 27.0 Å². The van der Waals surface area contributed by atoms with E-state index >= 15 is 0 Å². The molecule has 13 nitrogen and oxygen atoms in total. The number of hydrogen-bond donors (Lipinski definition) is 7. The van der Waals surface area contributed by atoms with Crippen LogP contribution in [0.15, 0.2) is 0 Å². The molecule has 0 aromatic heterocycles. The van der Waals surface area contributed by atoms with E-state index < -0.39 is 66.7 Å². The summed E-state index contributed by atoms with van der Waals surface area (Å²) in [7, 11) is 0. The standard InChI is InChI=1S/C18H29N5O8/c1-8(2)14(23-15(27)9-4-3-5-20-9)17(29)21-10(6-12(19)24)16(28)22-11(18(30)31)7-13(25)26/h8-11,14,20H,3-7H2,1-2H3,(H2,19,24)(H,21,29)(H,22,28)(H,23,27)(H,25,26)(H,30,31). The summed E-state index contributed by atoms with van der Waals surface area (Å²) in [4.78, 5) is 70.9. The number of carboxylic acids is 2. The largest absolute Gasteiger partial charge is 0.481 e. The molecule has 4 atom stereocenters. The summed E-state index contributed by atoms with van der Waals surface area (Å²) < 4.78 is 0. The van der Waals surface area contributed by atoms with E-state index in [9.17, 15) is 28.8 Å². The summed E-state index contributed by atoms with van der Waals surface area (Å²) in [6.45, 7) is 4.02. The van der Waals surface area contributed by atoms with Crippen LogP contribution in [-0.2, 0) is 28.8 Å². The number of carbonyl (C=O) groups excluding carboxylic acids is 4. The molecule has 1 fully saturated rings. The maximum Gasteiger partial charge on any atom is 0.326 e. The van der Waals surface area contributed by atoms with E-state index in [1.165, 1.54) is 0 Å². The fraction of sp³-hybridized carbons (Fsp3) is 0.667. The minimum atomic E-state index is -1.77. The van der Waals surface area contributed by atoms with Crippen molar-refractivity contribution in [2.24, 2.45) is 11.7 Å². The van der Waals surface area contributed by atoms with E-state index in [1.54, 1.807) is 13.8 Å². The molecule has 31 heavy (non-hydrogen) atoms. The molecule has 0 saturated carbocycles. The molecule has 0 radical (unpaired) electrons. The van der Waals surface area contributed by atoms with E-state index in [0.29, 0.717) is 13.0 Å². The van der Waals surface area contributed by atoms with Crippen LogP contribution in [-0.4, -0.2) is 76.5 Å². The van der Waals surface area contributed by atoms with Gasteiger partial charge in [-0.25, -0.2) is 4.79 Å². The van der Waals surface area contributed by atoms with Crippen molar-refractivity contribution in [3.8, 4) is 0 Å². The van der Waals surface area contributed by atoms with Gasteiger partial charge in [-0.2, -0.15) is 0 Å². The number of carbonyl (C=O) groups is 6. The van der Waals surface area contributed by atoms with E-state index in [-0.39, 0.29) is 11.8 Å². The van der Waals surface area contributed by atoms with Gasteiger partial charge >= 0.3 is 11.9 Å². The van der Waals surface area contributed by atoms with Crippen molar-refractivity contribution in [1.29, 1.82) is 0 Å². The minimum Gasteiger partial charge on any atom is -0.481 e. The zero-order valence-electron chi connectivity index (χ0n) is 17.3. The molecule has 8 N–H and O–H groups in total. The summed E-state index contributed by atoms with van der Waals surface area (Å²) in [5, 5.41) is 27.7. The third-order valence-corrected chi connectivity index (χ3v) is 4.66. The minimum absolute atomic E-state index is 0.374. The van der Waals surface area contributed by atoms with Crippen LogP contribution in [0, 0.1) is 5.92 Å². The maximum atomic E-state index is 12.7. The Morgan fingerprint density at radius 3 is 2.03 bits per heavy atom. The molecule has 1 saturated heterocycles. The summed E-state index contributed by atoms with van der Waals surface area (Å²) in [5.74, 6) is -6.63. The van der Waals surface area contributed by atoms with Gasteiger partial charge in [-0.05, 0) is 25.3 Å². The molecule has 4 unspecified atom stereocenters. The van der Waals surface area contributed by atoms with Gasteiger partial charge in [-0.1, -0.05) is 13.8 Å². The van der Waals surface area contributed by atoms with Gasteiger partial charge in [-0.3, -0.25) is 24.0 Å². The lowest BCUT2D eigenvalue weighted by molar-refractivity contribution is -0.147. The molecular weight excluding hydrogens is 414 g/mol. The zero-order chi connectivity index (χ0) is 23.7. The van der Waals surface area contributed by atoms with Crippen molar-refractivity contribution in [3.63, 3.8) is 0 Å². The number of hydrogen-bond acceptors (Lipinski definition) is 7. The number of carboxylic acid groups (broad SMARTS) is 2. The van der Waals surface area contributed by atoms with E-state index in [1.807, 2.05) is 5.32 Å². The number of nitrogens with one attached hydrogen (secondary N) is 4. The first-order chi connectivity index (χ1) is 14.4. The topological polar surface area (TPSA) is 217 Å². The number of rotatable bonds is 12. The van der Waals surface area contributed by atoms with Gasteiger partial charge in [0.25, 0.3) is 0 Å². The van der Waals surface area contributed by atoms with Gasteiger partial charge in [0.2, 0.25) is 23.6 Å². The summed E-state index contributed by atoms with van der Waals surface area (Å²) in [5.41, 5.74) is 5.12. The Morgan fingerprint density at radius 2 is 1.58 bits per heavy atom. The van der Waals surface area contributed by atoms with Gasteiger partial charge < -0.3 is 37.2 Å². The number of aliphatic carboxylic acids is 2.